The molecule has 0 radical (unpaired) electrons. The van der Waals surface area contributed by atoms with Crippen molar-refractivity contribution in [1.29, 1.82) is 0 Å². The molecule has 0 spiro atoms. The average molecular weight is 360 g/mol. The standard InChI is InChI=1S/C22H24N4O/c1-27-20-13-7-6-12-18(20)23-21-16-19(17-10-4-2-5-11-17)24-22(25-21)26-14-8-3-9-15-26/h2,4-7,10-13,16H,3,8-9,14-15H2,1H3,(H,23,24,25). The number of ether oxygens (including phenoxy) is 1. The predicted molar refractivity (Wildman–Crippen MR) is 110 cm³/mol. The van der Waals surface area contributed by atoms with Crippen molar-refractivity contribution in [3.8, 4) is 17.0 Å². The van der Waals surface area contributed by atoms with E-state index in [1.54, 1.807) is 7.11 Å². The van der Waals surface area contributed by atoms with Crippen LogP contribution in [0.1, 0.15) is 19.3 Å². The smallest absolute Gasteiger partial charge is 0.227 e. The number of anilines is 3. The third kappa shape index (κ3) is 4.03. The summed E-state index contributed by atoms with van der Waals surface area (Å²) in [6.07, 6.45) is 3.66. The number of hydrogen-bond donors (Lipinski definition) is 1. The van der Waals surface area contributed by atoms with Gasteiger partial charge in [0.25, 0.3) is 0 Å². The second-order valence-corrected chi connectivity index (χ2v) is 6.68. The number of piperidine rings is 1. The van der Waals surface area contributed by atoms with Gasteiger partial charge in [-0.3, -0.25) is 0 Å². The normalized spacial score (nSPS) is 14.0. The van der Waals surface area contributed by atoms with E-state index in [1.165, 1.54) is 19.3 Å². The van der Waals surface area contributed by atoms with Crippen molar-refractivity contribution in [2.75, 3.05) is 30.4 Å². The summed E-state index contributed by atoms with van der Waals surface area (Å²) in [5, 5.41) is 3.41. The minimum atomic E-state index is 0.772. The lowest BCUT2D eigenvalue weighted by Gasteiger charge is -2.27. The lowest BCUT2D eigenvalue weighted by atomic mass is 10.1. The van der Waals surface area contributed by atoms with Gasteiger partial charge in [0.1, 0.15) is 11.6 Å². The highest BCUT2D eigenvalue weighted by Gasteiger charge is 2.16. The zero-order valence-corrected chi connectivity index (χ0v) is 15.6. The number of hydrogen-bond acceptors (Lipinski definition) is 5. The van der Waals surface area contributed by atoms with Crippen molar-refractivity contribution in [2.45, 2.75) is 19.3 Å². The first-order valence-corrected chi connectivity index (χ1v) is 9.43. The number of benzene rings is 2. The van der Waals surface area contributed by atoms with Crippen LogP contribution in [0.4, 0.5) is 17.5 Å². The van der Waals surface area contributed by atoms with Crippen LogP contribution in [0.2, 0.25) is 0 Å². The van der Waals surface area contributed by atoms with Crippen LogP contribution >= 0.6 is 0 Å². The molecule has 1 saturated heterocycles. The molecule has 5 nitrogen and oxygen atoms in total. The Balaban J connectivity index is 1.73. The van der Waals surface area contributed by atoms with Crippen LogP contribution in [0, 0.1) is 0 Å². The van der Waals surface area contributed by atoms with Crippen molar-refractivity contribution >= 4 is 17.5 Å². The summed E-state index contributed by atoms with van der Waals surface area (Å²) in [4.78, 5) is 11.9. The quantitative estimate of drug-likeness (QED) is 0.702. The minimum absolute atomic E-state index is 0.772. The van der Waals surface area contributed by atoms with Crippen molar-refractivity contribution < 1.29 is 4.74 Å². The van der Waals surface area contributed by atoms with Gasteiger partial charge in [-0.2, -0.15) is 4.98 Å². The molecule has 0 atom stereocenters. The van der Waals surface area contributed by atoms with E-state index in [4.69, 9.17) is 14.7 Å². The molecule has 0 amide bonds. The highest BCUT2D eigenvalue weighted by molar-refractivity contribution is 5.70. The molecule has 138 valence electrons. The fourth-order valence-corrected chi connectivity index (χ4v) is 3.38. The Morgan fingerprint density at radius 1 is 0.889 bits per heavy atom. The van der Waals surface area contributed by atoms with Crippen LogP contribution in [0.3, 0.4) is 0 Å². The van der Waals surface area contributed by atoms with Crippen molar-refractivity contribution in [3.63, 3.8) is 0 Å². The van der Waals surface area contributed by atoms with Crippen LogP contribution in [0.5, 0.6) is 5.75 Å². The molecule has 1 aliphatic rings. The number of nitrogens with one attached hydrogen (secondary N) is 1. The zero-order valence-electron chi connectivity index (χ0n) is 15.6. The molecule has 1 fully saturated rings. The molecule has 2 heterocycles. The van der Waals surface area contributed by atoms with E-state index in [1.807, 2.05) is 48.5 Å². The molecule has 0 unspecified atom stereocenters. The fourth-order valence-electron chi connectivity index (χ4n) is 3.38. The van der Waals surface area contributed by atoms with Crippen molar-refractivity contribution in [2.24, 2.45) is 0 Å². The van der Waals surface area contributed by atoms with E-state index in [-0.39, 0.29) is 0 Å². The van der Waals surface area contributed by atoms with Crippen LogP contribution < -0.4 is 15.0 Å². The first-order valence-electron chi connectivity index (χ1n) is 9.43. The Kier molecular flexibility index (Phi) is 5.19. The van der Waals surface area contributed by atoms with Gasteiger partial charge in [-0.1, -0.05) is 42.5 Å². The first kappa shape index (κ1) is 17.3. The molecular formula is C22H24N4O. The molecule has 27 heavy (non-hydrogen) atoms. The summed E-state index contributed by atoms with van der Waals surface area (Å²) in [5.74, 6) is 2.35. The third-order valence-corrected chi connectivity index (χ3v) is 4.79. The molecule has 0 aliphatic carbocycles. The molecule has 1 N–H and O–H groups in total. The van der Waals surface area contributed by atoms with Gasteiger partial charge < -0.3 is 15.0 Å². The van der Waals surface area contributed by atoms with Gasteiger partial charge in [-0.15, -0.1) is 0 Å². The topological polar surface area (TPSA) is 50.3 Å². The van der Waals surface area contributed by atoms with Gasteiger partial charge in [0.15, 0.2) is 0 Å². The summed E-state index contributed by atoms with van der Waals surface area (Å²) >= 11 is 0. The molecule has 0 bridgehead atoms. The monoisotopic (exact) mass is 360 g/mol. The Bertz CT molecular complexity index is 892. The Morgan fingerprint density at radius 2 is 1.63 bits per heavy atom. The minimum Gasteiger partial charge on any atom is -0.495 e. The third-order valence-electron chi connectivity index (χ3n) is 4.79. The van der Waals surface area contributed by atoms with Gasteiger partial charge in [0.2, 0.25) is 5.95 Å². The van der Waals surface area contributed by atoms with E-state index < -0.39 is 0 Å². The largest absolute Gasteiger partial charge is 0.495 e. The number of rotatable bonds is 5. The van der Waals surface area contributed by atoms with E-state index in [9.17, 15) is 0 Å². The average Bonchev–Trinajstić information content (AvgIpc) is 2.75. The molecule has 1 aliphatic heterocycles. The second kappa shape index (κ2) is 8.08. The van der Waals surface area contributed by atoms with E-state index in [0.717, 1.165) is 47.5 Å². The maximum absolute atomic E-state index is 5.46. The van der Waals surface area contributed by atoms with Crippen molar-refractivity contribution in [3.05, 3.63) is 60.7 Å². The summed E-state index contributed by atoms with van der Waals surface area (Å²) < 4.78 is 5.46. The molecule has 3 aromatic rings. The number of para-hydroxylation sites is 2. The van der Waals surface area contributed by atoms with Crippen LogP contribution in [-0.2, 0) is 0 Å². The van der Waals surface area contributed by atoms with Gasteiger partial charge in [0.05, 0.1) is 18.5 Å². The lowest BCUT2D eigenvalue weighted by Crippen LogP contribution is -2.31. The maximum atomic E-state index is 5.46. The maximum Gasteiger partial charge on any atom is 0.227 e. The van der Waals surface area contributed by atoms with Gasteiger partial charge in [-0.25, -0.2) is 4.98 Å². The number of aromatic nitrogens is 2. The Morgan fingerprint density at radius 3 is 2.41 bits per heavy atom. The number of nitrogens with zero attached hydrogens (tertiary/aromatic N) is 3. The van der Waals surface area contributed by atoms with E-state index in [0.29, 0.717) is 0 Å². The molecule has 1 aromatic heterocycles. The van der Waals surface area contributed by atoms with Gasteiger partial charge in [-0.05, 0) is 31.4 Å². The van der Waals surface area contributed by atoms with Crippen LogP contribution in [0.25, 0.3) is 11.3 Å². The molecular weight excluding hydrogens is 336 g/mol. The van der Waals surface area contributed by atoms with Crippen LogP contribution in [-0.4, -0.2) is 30.2 Å². The predicted octanol–water partition coefficient (Wildman–Crippen LogP) is 4.89. The summed E-state index contributed by atoms with van der Waals surface area (Å²) in [6, 6.07) is 20.1. The van der Waals surface area contributed by atoms with E-state index >= 15 is 0 Å². The zero-order chi connectivity index (χ0) is 18.5. The number of methoxy groups -OCH3 is 1. The van der Waals surface area contributed by atoms with Gasteiger partial charge in [0, 0.05) is 24.7 Å². The molecule has 2 aromatic carbocycles. The lowest BCUT2D eigenvalue weighted by molar-refractivity contribution is 0.417. The summed E-state index contributed by atoms with van der Waals surface area (Å²) in [5.41, 5.74) is 2.90. The first-order chi connectivity index (χ1) is 13.3. The molecule has 0 saturated carbocycles. The highest BCUT2D eigenvalue weighted by Crippen LogP contribution is 2.30. The Labute approximate surface area is 160 Å². The highest BCUT2D eigenvalue weighted by atomic mass is 16.5. The van der Waals surface area contributed by atoms with Crippen LogP contribution in [0.15, 0.2) is 60.7 Å². The summed E-state index contributed by atoms with van der Waals surface area (Å²) in [7, 11) is 1.68. The SMILES string of the molecule is COc1ccccc1Nc1cc(-c2ccccc2)nc(N2CCCCC2)n1. The van der Waals surface area contributed by atoms with Gasteiger partial charge >= 0.3 is 0 Å². The molecule has 4 rings (SSSR count). The molecule has 5 heteroatoms. The van der Waals surface area contributed by atoms with Crippen molar-refractivity contribution in [1.82, 2.24) is 9.97 Å². The van der Waals surface area contributed by atoms with E-state index in [2.05, 4.69) is 22.3 Å². The second-order valence-electron chi connectivity index (χ2n) is 6.68. The fraction of sp³-hybridized carbons (Fsp3) is 0.273. The Hall–Kier alpha value is -3.08. The summed E-state index contributed by atoms with van der Waals surface area (Å²) in [6.45, 7) is 2.01.